The van der Waals surface area contributed by atoms with Gasteiger partial charge in [-0.15, -0.1) is 24.8 Å². The number of hydrogen-bond acceptors (Lipinski definition) is 5. The highest BCUT2D eigenvalue weighted by molar-refractivity contribution is 5.94. The highest BCUT2D eigenvalue weighted by Gasteiger charge is 2.10. The van der Waals surface area contributed by atoms with Crippen molar-refractivity contribution in [3.63, 3.8) is 0 Å². The highest BCUT2D eigenvalue weighted by atomic mass is 35.5. The van der Waals surface area contributed by atoms with Gasteiger partial charge in [-0.1, -0.05) is 0 Å². The van der Waals surface area contributed by atoms with E-state index in [4.69, 9.17) is 10.5 Å². The topological polar surface area (TPSA) is 97.5 Å². The molecule has 118 valence electrons. The Kier molecular flexibility index (Phi) is 19.1. The Bertz CT molecular complexity index is 352. The first kappa shape index (κ1) is 24.0. The van der Waals surface area contributed by atoms with Crippen LogP contribution in [-0.4, -0.2) is 42.3 Å². The zero-order valence-electron chi connectivity index (χ0n) is 11.7. The summed E-state index contributed by atoms with van der Waals surface area (Å²) in [5.41, 5.74) is 5.22. The molecule has 1 heterocycles. The first-order chi connectivity index (χ1) is 8.67. The van der Waals surface area contributed by atoms with Gasteiger partial charge in [-0.05, 0) is 26.0 Å². The van der Waals surface area contributed by atoms with Crippen LogP contribution in [0.25, 0.3) is 0 Å². The number of amides is 1. The Labute approximate surface area is 131 Å². The molecule has 0 aliphatic carbocycles. The third-order valence-electron chi connectivity index (χ3n) is 1.84. The number of halogens is 2. The molecule has 0 fully saturated rings. The summed E-state index contributed by atoms with van der Waals surface area (Å²) in [7, 11) is 0. The maximum absolute atomic E-state index is 11.2. The van der Waals surface area contributed by atoms with E-state index in [1.165, 1.54) is 12.3 Å². The smallest absolute Gasteiger partial charge is 0.273 e. The number of nitrogens with one attached hydrogen (secondary N) is 1. The molecule has 0 radical (unpaired) electrons. The normalized spacial score (nSPS) is 8.35. The van der Waals surface area contributed by atoms with Gasteiger partial charge in [0.15, 0.2) is 5.69 Å². The predicted octanol–water partition coefficient (Wildman–Crippen LogP) is 1.36. The van der Waals surface area contributed by atoms with Crippen molar-refractivity contribution in [1.29, 1.82) is 0 Å². The van der Waals surface area contributed by atoms with Gasteiger partial charge in [0.2, 0.25) is 0 Å². The number of ether oxygens (including phenoxy) is 1. The summed E-state index contributed by atoms with van der Waals surface area (Å²) in [4.78, 5) is 15.0. The second-order valence-corrected chi connectivity index (χ2v) is 3.20. The van der Waals surface area contributed by atoms with E-state index < -0.39 is 5.91 Å². The van der Waals surface area contributed by atoms with E-state index in [1.807, 2.05) is 13.8 Å². The molecule has 1 aromatic rings. The Morgan fingerprint density at radius 1 is 1.40 bits per heavy atom. The molecule has 0 spiro atoms. The number of nitrogens with two attached hydrogens (primary N) is 1. The van der Waals surface area contributed by atoms with Crippen LogP contribution in [-0.2, 0) is 4.74 Å². The average molecular weight is 328 g/mol. The van der Waals surface area contributed by atoms with Crippen molar-refractivity contribution in [1.82, 2.24) is 10.3 Å². The van der Waals surface area contributed by atoms with Crippen molar-refractivity contribution in [3.05, 3.63) is 24.0 Å². The molecule has 1 rings (SSSR count). The van der Waals surface area contributed by atoms with Crippen LogP contribution in [0.4, 0.5) is 0 Å². The minimum absolute atomic E-state index is 0. The first-order valence-electron chi connectivity index (χ1n) is 5.87. The van der Waals surface area contributed by atoms with E-state index in [0.717, 1.165) is 13.2 Å². The van der Waals surface area contributed by atoms with Crippen LogP contribution in [0.3, 0.4) is 0 Å². The number of carbonyl (C=O) groups is 1. The zero-order valence-corrected chi connectivity index (χ0v) is 13.3. The maximum atomic E-state index is 11.2. The molecule has 0 aliphatic rings. The number of rotatable bonds is 5. The Balaban J connectivity index is -0.000000361. The fourth-order valence-corrected chi connectivity index (χ4v) is 1.05. The lowest BCUT2D eigenvalue weighted by molar-refractivity contribution is 0.0947. The summed E-state index contributed by atoms with van der Waals surface area (Å²) in [6.07, 6.45) is 1.44. The molecule has 0 atom stereocenters. The van der Waals surface area contributed by atoms with E-state index >= 15 is 0 Å². The lowest BCUT2D eigenvalue weighted by Crippen LogP contribution is -2.29. The predicted molar refractivity (Wildman–Crippen MR) is 84.0 cm³/mol. The lowest BCUT2D eigenvalue weighted by Gasteiger charge is -2.03. The highest BCUT2D eigenvalue weighted by Crippen LogP contribution is 2.11. The van der Waals surface area contributed by atoms with Crippen molar-refractivity contribution >= 4 is 30.7 Å². The molecular weight excluding hydrogens is 305 g/mol. The third kappa shape index (κ3) is 10.8. The zero-order chi connectivity index (χ0) is 13.8. The Morgan fingerprint density at radius 2 is 2.00 bits per heavy atom. The van der Waals surface area contributed by atoms with Gasteiger partial charge >= 0.3 is 0 Å². The van der Waals surface area contributed by atoms with Crippen molar-refractivity contribution < 1.29 is 14.6 Å². The molecule has 1 aromatic heterocycles. The number of aromatic nitrogens is 1. The van der Waals surface area contributed by atoms with Gasteiger partial charge in [-0.3, -0.25) is 4.79 Å². The van der Waals surface area contributed by atoms with Gasteiger partial charge in [0.05, 0.1) is 0 Å². The van der Waals surface area contributed by atoms with Gasteiger partial charge in [0, 0.05) is 32.5 Å². The molecule has 0 unspecified atom stereocenters. The standard InChI is InChI=1S/C8H11N3O2.C4H10O.2ClH/c9-3-5-11-8(13)7-6(12)2-1-4-10-7;1-3-5-4-2;;/h1-2,4,12H,3,5,9H2,(H,11,13);3-4H2,1-2H3;2*1H. The van der Waals surface area contributed by atoms with Crippen LogP contribution in [0.15, 0.2) is 18.3 Å². The van der Waals surface area contributed by atoms with E-state index in [1.54, 1.807) is 6.07 Å². The van der Waals surface area contributed by atoms with E-state index in [0.29, 0.717) is 13.1 Å². The second-order valence-electron chi connectivity index (χ2n) is 3.20. The number of nitrogens with zero attached hydrogens (tertiary/aromatic N) is 1. The van der Waals surface area contributed by atoms with Gasteiger partial charge < -0.3 is 20.9 Å². The van der Waals surface area contributed by atoms with Gasteiger partial charge in [0.1, 0.15) is 5.75 Å². The van der Waals surface area contributed by atoms with Crippen LogP contribution < -0.4 is 11.1 Å². The molecule has 4 N–H and O–H groups in total. The molecule has 0 saturated carbocycles. The van der Waals surface area contributed by atoms with Crippen LogP contribution in [0.1, 0.15) is 24.3 Å². The van der Waals surface area contributed by atoms with E-state index in [2.05, 4.69) is 10.3 Å². The molecule has 20 heavy (non-hydrogen) atoms. The van der Waals surface area contributed by atoms with Gasteiger partial charge in [0.25, 0.3) is 5.91 Å². The van der Waals surface area contributed by atoms with E-state index in [-0.39, 0.29) is 36.3 Å². The fraction of sp³-hybridized carbons (Fsp3) is 0.500. The van der Waals surface area contributed by atoms with Gasteiger partial charge in [-0.25, -0.2) is 4.98 Å². The van der Waals surface area contributed by atoms with Crippen molar-refractivity contribution in [2.24, 2.45) is 5.73 Å². The number of carbonyl (C=O) groups excluding carboxylic acids is 1. The molecule has 0 bridgehead atoms. The molecule has 0 aliphatic heterocycles. The van der Waals surface area contributed by atoms with Crippen molar-refractivity contribution in [2.45, 2.75) is 13.8 Å². The van der Waals surface area contributed by atoms with Crippen LogP contribution >= 0.6 is 24.8 Å². The SMILES string of the molecule is CCOCC.Cl.Cl.NCCNC(=O)c1ncccc1O. The largest absolute Gasteiger partial charge is 0.505 e. The fourth-order valence-electron chi connectivity index (χ4n) is 1.05. The van der Waals surface area contributed by atoms with Crippen molar-refractivity contribution in [2.75, 3.05) is 26.3 Å². The van der Waals surface area contributed by atoms with Crippen LogP contribution in [0, 0.1) is 0 Å². The molecule has 1 amide bonds. The van der Waals surface area contributed by atoms with Crippen LogP contribution in [0.5, 0.6) is 5.75 Å². The molecular formula is C12H23Cl2N3O3. The monoisotopic (exact) mass is 327 g/mol. The minimum atomic E-state index is -0.413. The van der Waals surface area contributed by atoms with E-state index in [9.17, 15) is 9.90 Å². The van der Waals surface area contributed by atoms with Crippen LogP contribution in [0.2, 0.25) is 0 Å². The summed E-state index contributed by atoms with van der Waals surface area (Å²) in [6.45, 7) is 6.40. The van der Waals surface area contributed by atoms with Crippen molar-refractivity contribution in [3.8, 4) is 5.75 Å². The number of pyridine rings is 1. The molecule has 0 aromatic carbocycles. The Morgan fingerprint density at radius 3 is 2.40 bits per heavy atom. The third-order valence-corrected chi connectivity index (χ3v) is 1.84. The number of aromatic hydroxyl groups is 1. The maximum Gasteiger partial charge on any atom is 0.273 e. The molecule has 0 saturated heterocycles. The second kappa shape index (κ2) is 16.0. The van der Waals surface area contributed by atoms with Gasteiger partial charge in [-0.2, -0.15) is 0 Å². The summed E-state index contributed by atoms with van der Waals surface area (Å²) in [5, 5.41) is 11.7. The lowest BCUT2D eigenvalue weighted by atomic mass is 10.3. The number of hydrogen-bond donors (Lipinski definition) is 3. The average Bonchev–Trinajstić information content (AvgIpc) is 2.38. The minimum Gasteiger partial charge on any atom is -0.505 e. The summed E-state index contributed by atoms with van der Waals surface area (Å²) in [6, 6.07) is 2.96. The summed E-state index contributed by atoms with van der Waals surface area (Å²) in [5.74, 6) is -0.541. The Hall–Kier alpha value is -1.08. The molecule has 6 nitrogen and oxygen atoms in total. The summed E-state index contributed by atoms with van der Waals surface area (Å²) < 4.78 is 4.83. The quantitative estimate of drug-likeness (QED) is 0.758. The summed E-state index contributed by atoms with van der Waals surface area (Å²) >= 11 is 0. The first-order valence-corrected chi connectivity index (χ1v) is 5.87. The molecule has 8 heteroatoms.